The number of nitrogen functional groups attached to an aromatic ring is 1. The molecule has 0 aliphatic carbocycles. The van der Waals surface area contributed by atoms with Crippen LogP contribution in [0, 0.1) is 0 Å². The number of nitrogens with two attached hydrogens (primary N) is 1. The van der Waals surface area contributed by atoms with Crippen LogP contribution in [0.5, 0.6) is 0 Å². The van der Waals surface area contributed by atoms with Gasteiger partial charge in [-0.1, -0.05) is 42.5 Å². The molecule has 0 aliphatic heterocycles. The van der Waals surface area contributed by atoms with Gasteiger partial charge in [0.15, 0.2) is 0 Å². The largest absolute Gasteiger partial charge is 0.430 e. The van der Waals surface area contributed by atoms with E-state index in [1.54, 1.807) is 24.3 Å². The van der Waals surface area contributed by atoms with E-state index in [1.807, 2.05) is 0 Å². The quantitative estimate of drug-likeness (QED) is 0.637. The number of halogens is 6. The van der Waals surface area contributed by atoms with Crippen LogP contribution in [-0.4, -0.2) is 17.5 Å². The van der Waals surface area contributed by atoms with Crippen molar-refractivity contribution in [2.75, 3.05) is 5.73 Å². The number of anilines is 1. The number of para-hydroxylation sites is 1. The summed E-state index contributed by atoms with van der Waals surface area (Å²) < 4.78 is 76.7. The second-order valence-corrected chi connectivity index (χ2v) is 4.87. The van der Waals surface area contributed by atoms with Gasteiger partial charge >= 0.3 is 12.4 Å². The Labute approximate surface area is 127 Å². The summed E-state index contributed by atoms with van der Waals surface area (Å²) in [4.78, 5) is 0. The Bertz CT molecular complexity index is 676. The molecule has 0 unspecified atom stereocenters. The van der Waals surface area contributed by atoms with E-state index in [9.17, 15) is 31.4 Å². The first-order chi connectivity index (χ1) is 10.5. The van der Waals surface area contributed by atoms with Gasteiger partial charge in [-0.05, 0) is 11.6 Å². The lowest BCUT2D eigenvalue weighted by Crippen LogP contribution is -2.53. The Morgan fingerprint density at radius 3 is 1.65 bits per heavy atom. The van der Waals surface area contributed by atoms with Crippen molar-refractivity contribution in [1.82, 2.24) is 0 Å². The molecule has 0 aliphatic rings. The first kappa shape index (κ1) is 17.1. The summed E-state index contributed by atoms with van der Waals surface area (Å²) in [5.41, 5.74) is 0.580. The summed E-state index contributed by atoms with van der Waals surface area (Å²) in [6.45, 7) is 0. The van der Waals surface area contributed by atoms with E-state index in [-0.39, 0.29) is 0 Å². The van der Waals surface area contributed by atoms with E-state index in [0.717, 1.165) is 12.1 Å². The van der Waals surface area contributed by atoms with Crippen LogP contribution < -0.4 is 5.73 Å². The lowest BCUT2D eigenvalue weighted by molar-refractivity contribution is -0.376. The predicted molar refractivity (Wildman–Crippen MR) is 72.3 cm³/mol. The molecule has 0 saturated heterocycles. The third-order valence-electron chi connectivity index (χ3n) is 3.39. The van der Waals surface area contributed by atoms with Crippen LogP contribution in [0.2, 0.25) is 0 Å². The molecule has 2 rings (SSSR count). The summed E-state index contributed by atoms with van der Waals surface area (Å²) in [6.07, 6.45) is -11.8. The van der Waals surface area contributed by atoms with Gasteiger partial charge in [-0.3, -0.25) is 0 Å². The van der Waals surface area contributed by atoms with E-state index in [0.29, 0.717) is 28.9 Å². The second kappa shape index (κ2) is 5.45. The van der Waals surface area contributed by atoms with Gasteiger partial charge in [-0.2, -0.15) is 26.3 Å². The van der Waals surface area contributed by atoms with Gasteiger partial charge in [-0.15, -0.1) is 0 Å². The zero-order valence-corrected chi connectivity index (χ0v) is 11.4. The third kappa shape index (κ3) is 2.86. The van der Waals surface area contributed by atoms with Gasteiger partial charge < -0.3 is 10.8 Å². The molecule has 2 aromatic rings. The Balaban J connectivity index is 2.52. The standard InChI is InChI=1S/C15H11F6NO/c16-14(17,18)13(23,15(19,20)21)10-7-5-9(6-8-10)11-3-1-2-4-12(11)22/h1-8,23H,22H2. The predicted octanol–water partition coefficient (Wildman–Crippen LogP) is 4.25. The molecule has 3 N–H and O–H groups in total. The van der Waals surface area contributed by atoms with Crippen molar-refractivity contribution >= 4 is 5.69 Å². The maximum Gasteiger partial charge on any atom is 0.430 e. The van der Waals surface area contributed by atoms with Crippen molar-refractivity contribution in [3.05, 3.63) is 54.1 Å². The Morgan fingerprint density at radius 1 is 0.739 bits per heavy atom. The van der Waals surface area contributed by atoms with E-state index >= 15 is 0 Å². The lowest BCUT2D eigenvalue weighted by Gasteiger charge is -2.32. The zero-order valence-electron chi connectivity index (χ0n) is 11.4. The van der Waals surface area contributed by atoms with Crippen LogP contribution >= 0.6 is 0 Å². The molecule has 0 spiro atoms. The maximum atomic E-state index is 12.8. The second-order valence-electron chi connectivity index (χ2n) is 4.87. The average Bonchev–Trinajstić information content (AvgIpc) is 2.45. The molecule has 0 atom stereocenters. The highest BCUT2D eigenvalue weighted by Gasteiger charge is 2.71. The van der Waals surface area contributed by atoms with Crippen molar-refractivity contribution in [3.8, 4) is 11.1 Å². The van der Waals surface area contributed by atoms with Crippen molar-refractivity contribution in [2.24, 2.45) is 0 Å². The fourth-order valence-corrected chi connectivity index (χ4v) is 2.14. The summed E-state index contributed by atoms with van der Waals surface area (Å²) in [6, 6.07) is 9.65. The first-order valence-corrected chi connectivity index (χ1v) is 6.29. The molecule has 2 aromatic carbocycles. The van der Waals surface area contributed by atoms with Crippen LogP contribution in [0.3, 0.4) is 0 Å². The minimum absolute atomic E-state index is 0.321. The molecule has 0 radical (unpaired) electrons. The van der Waals surface area contributed by atoms with Gasteiger partial charge in [0.1, 0.15) is 0 Å². The highest BCUT2D eigenvalue weighted by atomic mass is 19.4. The molecule has 0 heterocycles. The van der Waals surface area contributed by atoms with E-state index < -0.39 is 23.5 Å². The Kier molecular flexibility index (Phi) is 4.06. The highest BCUT2D eigenvalue weighted by Crippen LogP contribution is 2.50. The minimum Gasteiger partial charge on any atom is -0.398 e. The smallest absolute Gasteiger partial charge is 0.398 e. The van der Waals surface area contributed by atoms with Crippen LogP contribution in [0.25, 0.3) is 11.1 Å². The molecule has 0 saturated carbocycles. The Hall–Kier alpha value is -2.22. The highest BCUT2D eigenvalue weighted by molar-refractivity contribution is 5.76. The molecular weight excluding hydrogens is 324 g/mol. The van der Waals surface area contributed by atoms with Crippen molar-refractivity contribution in [1.29, 1.82) is 0 Å². The molecule has 8 heteroatoms. The molecule has 0 bridgehead atoms. The van der Waals surface area contributed by atoms with Gasteiger partial charge in [0, 0.05) is 16.8 Å². The number of hydrogen-bond donors (Lipinski definition) is 2. The number of alkyl halides is 6. The monoisotopic (exact) mass is 335 g/mol. The molecule has 124 valence electrons. The molecular formula is C15H11F6NO. The van der Waals surface area contributed by atoms with Gasteiger partial charge in [0.25, 0.3) is 5.60 Å². The van der Waals surface area contributed by atoms with Crippen molar-refractivity contribution < 1.29 is 31.4 Å². The Morgan fingerprint density at radius 2 is 1.22 bits per heavy atom. The molecule has 0 aromatic heterocycles. The average molecular weight is 335 g/mol. The number of aliphatic hydroxyl groups is 1. The summed E-state index contributed by atoms with van der Waals surface area (Å²) in [5, 5.41) is 9.30. The van der Waals surface area contributed by atoms with Crippen LogP contribution in [0.15, 0.2) is 48.5 Å². The SMILES string of the molecule is Nc1ccccc1-c1ccc(C(O)(C(F)(F)F)C(F)(F)F)cc1. The normalized spacial score (nSPS) is 13.2. The van der Waals surface area contributed by atoms with Gasteiger partial charge in [0.2, 0.25) is 0 Å². The summed E-state index contributed by atoms with van der Waals surface area (Å²) in [5.74, 6) is 0. The third-order valence-corrected chi connectivity index (χ3v) is 3.39. The van der Waals surface area contributed by atoms with E-state index in [4.69, 9.17) is 5.73 Å². The van der Waals surface area contributed by atoms with Gasteiger partial charge in [0.05, 0.1) is 0 Å². The molecule has 0 fully saturated rings. The van der Waals surface area contributed by atoms with Crippen molar-refractivity contribution in [3.63, 3.8) is 0 Å². The summed E-state index contributed by atoms with van der Waals surface area (Å²) >= 11 is 0. The molecule has 23 heavy (non-hydrogen) atoms. The zero-order chi connectivity index (χ0) is 17.5. The fourth-order valence-electron chi connectivity index (χ4n) is 2.14. The number of benzene rings is 2. The van der Waals surface area contributed by atoms with Crippen LogP contribution in [0.1, 0.15) is 5.56 Å². The van der Waals surface area contributed by atoms with E-state index in [2.05, 4.69) is 0 Å². The maximum absolute atomic E-state index is 12.8. The lowest BCUT2D eigenvalue weighted by atomic mass is 9.90. The summed E-state index contributed by atoms with van der Waals surface area (Å²) in [7, 11) is 0. The fraction of sp³-hybridized carbons (Fsp3) is 0.200. The topological polar surface area (TPSA) is 46.2 Å². The minimum atomic E-state index is -5.90. The van der Waals surface area contributed by atoms with E-state index in [1.165, 1.54) is 0 Å². The number of rotatable bonds is 2. The van der Waals surface area contributed by atoms with Crippen LogP contribution in [-0.2, 0) is 5.60 Å². The number of hydrogen-bond acceptors (Lipinski definition) is 2. The van der Waals surface area contributed by atoms with Gasteiger partial charge in [-0.25, -0.2) is 0 Å². The molecule has 0 amide bonds. The van der Waals surface area contributed by atoms with Crippen LogP contribution in [0.4, 0.5) is 32.0 Å². The van der Waals surface area contributed by atoms with Crippen molar-refractivity contribution in [2.45, 2.75) is 18.0 Å². The first-order valence-electron chi connectivity index (χ1n) is 6.29. The molecule has 2 nitrogen and oxygen atoms in total.